The maximum atomic E-state index is 12.4. The van der Waals surface area contributed by atoms with Crippen LogP contribution in [0.4, 0.5) is 5.82 Å². The largest absolute Gasteiger partial charge is 0.457 e. The van der Waals surface area contributed by atoms with E-state index < -0.39 is 0 Å². The Labute approximate surface area is 199 Å². The molecule has 1 fully saturated rings. The second-order valence-corrected chi connectivity index (χ2v) is 8.36. The average molecular weight is 452 g/mol. The van der Waals surface area contributed by atoms with Gasteiger partial charge < -0.3 is 15.4 Å². The Bertz CT molecular complexity index is 1290. The molecule has 1 aliphatic heterocycles. The lowest BCUT2D eigenvalue weighted by atomic mass is 10.00. The molecule has 0 aliphatic carbocycles. The Balaban J connectivity index is 1.47. The van der Waals surface area contributed by atoms with Crippen LogP contribution < -0.4 is 10.5 Å². The van der Waals surface area contributed by atoms with Crippen LogP contribution >= 0.6 is 0 Å². The lowest BCUT2D eigenvalue weighted by Crippen LogP contribution is -2.40. The minimum atomic E-state index is 0.00158. The monoisotopic (exact) mass is 452 g/mol. The summed E-state index contributed by atoms with van der Waals surface area (Å²) in [6.45, 7) is 1.31. The van der Waals surface area contributed by atoms with Crippen molar-refractivity contribution < 1.29 is 9.53 Å². The first-order chi connectivity index (χ1) is 16.6. The molecule has 0 spiro atoms. The van der Waals surface area contributed by atoms with Crippen molar-refractivity contribution in [1.82, 2.24) is 24.6 Å². The number of fused-ring (bicyclic) bond motifs is 1. The van der Waals surface area contributed by atoms with Gasteiger partial charge in [-0.1, -0.05) is 24.5 Å². The van der Waals surface area contributed by atoms with E-state index >= 15 is 0 Å². The predicted octanol–water partition coefficient (Wildman–Crippen LogP) is 4.01. The van der Waals surface area contributed by atoms with E-state index in [1.165, 1.54) is 6.33 Å². The number of ether oxygens (including phenoxy) is 1. The summed E-state index contributed by atoms with van der Waals surface area (Å²) in [5.74, 6) is 1.95. The van der Waals surface area contributed by atoms with Gasteiger partial charge in [-0.2, -0.15) is 5.10 Å². The molecule has 1 amide bonds. The van der Waals surface area contributed by atoms with Crippen LogP contribution in [-0.2, 0) is 4.79 Å². The molecule has 2 N–H and O–H groups in total. The number of carbonyl (C=O) groups excluding carboxylic acids is 1. The van der Waals surface area contributed by atoms with Crippen LogP contribution in [0.3, 0.4) is 0 Å². The van der Waals surface area contributed by atoms with Gasteiger partial charge >= 0.3 is 0 Å². The van der Waals surface area contributed by atoms with Crippen molar-refractivity contribution in [3.05, 3.63) is 60.9 Å². The molecule has 3 heterocycles. The SMILES string of the molecule is [B]CCC(=O)N1CCC[C@@H](n2nc(-c3ccc(Oc4ccccc4)cc3)c3c(N)ncnc32)C1. The fourth-order valence-corrected chi connectivity index (χ4v) is 4.42. The summed E-state index contributed by atoms with van der Waals surface area (Å²) in [4.78, 5) is 23.0. The van der Waals surface area contributed by atoms with Crippen molar-refractivity contribution in [1.29, 1.82) is 0 Å². The molecule has 34 heavy (non-hydrogen) atoms. The molecule has 1 aliphatic rings. The Morgan fingerprint density at radius 1 is 1.09 bits per heavy atom. The molecule has 1 atom stereocenters. The fourth-order valence-electron chi connectivity index (χ4n) is 4.42. The summed E-state index contributed by atoms with van der Waals surface area (Å²) >= 11 is 0. The van der Waals surface area contributed by atoms with Gasteiger partial charge in [0.15, 0.2) is 5.65 Å². The van der Waals surface area contributed by atoms with Crippen LogP contribution in [0.15, 0.2) is 60.9 Å². The number of rotatable bonds is 6. The normalized spacial score (nSPS) is 16.0. The van der Waals surface area contributed by atoms with Crippen molar-refractivity contribution in [3.8, 4) is 22.8 Å². The lowest BCUT2D eigenvalue weighted by molar-refractivity contribution is -0.132. The number of carbonyl (C=O) groups is 1. The van der Waals surface area contributed by atoms with Crippen molar-refractivity contribution in [2.75, 3.05) is 18.8 Å². The molecule has 2 aromatic carbocycles. The van der Waals surface area contributed by atoms with Crippen LogP contribution in [-0.4, -0.2) is 51.5 Å². The summed E-state index contributed by atoms with van der Waals surface area (Å²) in [6.07, 6.45) is 3.95. The number of nitrogens with two attached hydrogens (primary N) is 1. The van der Waals surface area contributed by atoms with Gasteiger partial charge in [-0.05, 0) is 49.2 Å². The average Bonchev–Trinajstić information content (AvgIpc) is 3.26. The van der Waals surface area contributed by atoms with Crippen LogP contribution in [0.5, 0.6) is 11.5 Å². The molecular weight excluding hydrogens is 427 g/mol. The third-order valence-corrected chi connectivity index (χ3v) is 6.08. The third-order valence-electron chi connectivity index (χ3n) is 6.08. The number of hydrogen-bond donors (Lipinski definition) is 1. The number of anilines is 1. The van der Waals surface area contributed by atoms with Gasteiger partial charge in [0.25, 0.3) is 0 Å². The quantitative estimate of drug-likeness (QED) is 0.444. The number of likely N-dealkylation sites (tertiary alicyclic amines) is 1. The lowest BCUT2D eigenvalue weighted by Gasteiger charge is -2.33. The van der Waals surface area contributed by atoms with Gasteiger partial charge in [-0.3, -0.25) is 4.79 Å². The minimum absolute atomic E-state index is 0.00158. The van der Waals surface area contributed by atoms with Gasteiger partial charge in [0, 0.05) is 25.1 Å². The summed E-state index contributed by atoms with van der Waals surface area (Å²) in [5.41, 5.74) is 8.55. The van der Waals surface area contributed by atoms with Gasteiger partial charge in [0.05, 0.1) is 19.3 Å². The van der Waals surface area contributed by atoms with E-state index in [0.29, 0.717) is 41.8 Å². The molecule has 2 radical (unpaired) electrons. The highest BCUT2D eigenvalue weighted by Crippen LogP contribution is 2.35. The van der Waals surface area contributed by atoms with E-state index in [9.17, 15) is 4.79 Å². The Hall–Kier alpha value is -3.88. The molecule has 0 saturated carbocycles. The summed E-state index contributed by atoms with van der Waals surface area (Å²) in [6, 6.07) is 17.3. The molecule has 4 aromatic rings. The number of aromatic nitrogens is 4. The molecule has 9 heteroatoms. The number of hydrogen-bond acceptors (Lipinski definition) is 6. The molecule has 170 valence electrons. The van der Waals surface area contributed by atoms with Gasteiger partial charge in [-0.15, -0.1) is 0 Å². The number of nitrogen functional groups attached to an aromatic ring is 1. The first-order valence-corrected chi connectivity index (χ1v) is 11.4. The molecule has 8 nitrogen and oxygen atoms in total. The van der Waals surface area contributed by atoms with Crippen molar-refractivity contribution in [3.63, 3.8) is 0 Å². The third kappa shape index (κ3) is 4.33. The fraction of sp³-hybridized carbons (Fsp3) is 0.280. The van der Waals surface area contributed by atoms with E-state index in [4.69, 9.17) is 23.4 Å². The van der Waals surface area contributed by atoms with Crippen LogP contribution in [0.2, 0.25) is 6.32 Å². The number of amides is 1. The van der Waals surface area contributed by atoms with Crippen LogP contribution in [0, 0.1) is 0 Å². The van der Waals surface area contributed by atoms with E-state index in [2.05, 4.69) is 9.97 Å². The summed E-state index contributed by atoms with van der Waals surface area (Å²) in [7, 11) is 5.59. The van der Waals surface area contributed by atoms with Crippen molar-refractivity contribution >= 4 is 30.6 Å². The highest BCUT2D eigenvalue weighted by molar-refractivity contribution is 6.09. The summed E-state index contributed by atoms with van der Waals surface area (Å²) < 4.78 is 7.82. The Kier molecular flexibility index (Phi) is 6.16. The molecule has 1 saturated heterocycles. The molecule has 0 unspecified atom stereocenters. The number of nitrogens with zero attached hydrogens (tertiary/aromatic N) is 5. The molecular formula is C25H25BN6O2. The van der Waals surface area contributed by atoms with E-state index in [1.807, 2.05) is 64.2 Å². The van der Waals surface area contributed by atoms with E-state index in [0.717, 1.165) is 36.4 Å². The number of para-hydroxylation sites is 1. The summed E-state index contributed by atoms with van der Waals surface area (Å²) in [5, 5.41) is 5.64. The molecule has 0 bridgehead atoms. The van der Waals surface area contributed by atoms with Crippen molar-refractivity contribution in [2.24, 2.45) is 0 Å². The van der Waals surface area contributed by atoms with Crippen LogP contribution in [0.1, 0.15) is 25.3 Å². The highest BCUT2D eigenvalue weighted by Gasteiger charge is 2.28. The zero-order valence-electron chi connectivity index (χ0n) is 18.8. The van der Waals surface area contributed by atoms with E-state index in [1.54, 1.807) is 0 Å². The number of piperidine rings is 1. The maximum Gasteiger partial charge on any atom is 0.221 e. The van der Waals surface area contributed by atoms with E-state index in [-0.39, 0.29) is 11.9 Å². The first kappa shape index (κ1) is 21.9. The molecule has 2 aromatic heterocycles. The zero-order chi connectivity index (χ0) is 23.5. The molecule has 5 rings (SSSR count). The van der Waals surface area contributed by atoms with Gasteiger partial charge in [-0.25, -0.2) is 14.6 Å². The zero-order valence-corrected chi connectivity index (χ0v) is 18.8. The second-order valence-electron chi connectivity index (χ2n) is 8.36. The number of benzene rings is 2. The Morgan fingerprint density at radius 3 is 2.62 bits per heavy atom. The minimum Gasteiger partial charge on any atom is -0.457 e. The predicted molar refractivity (Wildman–Crippen MR) is 132 cm³/mol. The van der Waals surface area contributed by atoms with Crippen molar-refractivity contribution in [2.45, 2.75) is 31.6 Å². The topological polar surface area (TPSA) is 99.2 Å². The van der Waals surface area contributed by atoms with Gasteiger partial charge in [0.1, 0.15) is 29.3 Å². The first-order valence-electron chi connectivity index (χ1n) is 11.4. The van der Waals surface area contributed by atoms with Gasteiger partial charge in [0.2, 0.25) is 5.91 Å². The standard InChI is InChI=1S/C25H25BN6O2/c26-13-12-21(33)31-14-4-5-18(15-31)32-25-22(24(27)28-16-29-25)23(30-32)17-8-10-20(11-9-17)34-19-6-2-1-3-7-19/h1-3,6-11,16,18H,4-5,12-15H2,(H2,27,28,29)/t18-/m1/s1. The smallest absolute Gasteiger partial charge is 0.221 e. The van der Waals surface area contributed by atoms with Crippen LogP contribution in [0.25, 0.3) is 22.3 Å². The second kappa shape index (κ2) is 9.55. The maximum absolute atomic E-state index is 12.4. The Morgan fingerprint density at radius 2 is 1.85 bits per heavy atom. The highest BCUT2D eigenvalue weighted by atomic mass is 16.5.